The van der Waals surface area contributed by atoms with E-state index in [-0.39, 0.29) is 21.3 Å². The van der Waals surface area contributed by atoms with Crippen molar-refractivity contribution < 1.29 is 27.3 Å². The van der Waals surface area contributed by atoms with Crippen molar-refractivity contribution in [1.29, 1.82) is 0 Å². The van der Waals surface area contributed by atoms with Crippen molar-refractivity contribution in [2.24, 2.45) is 0 Å². The summed E-state index contributed by atoms with van der Waals surface area (Å²) in [5.74, 6) is -0.912. The maximum absolute atomic E-state index is 12.9. The fourth-order valence-electron chi connectivity index (χ4n) is 2.72. The number of amides is 1. The smallest absolute Gasteiger partial charge is 0.339 e. The van der Waals surface area contributed by atoms with E-state index in [1.165, 1.54) is 32.3 Å². The predicted molar refractivity (Wildman–Crippen MR) is 117 cm³/mol. The largest absolute Gasteiger partial charge is 0.444 e. The van der Waals surface area contributed by atoms with Crippen LogP contribution in [-0.4, -0.2) is 43.9 Å². The third kappa shape index (κ3) is 5.16. The van der Waals surface area contributed by atoms with Crippen LogP contribution < -0.4 is 5.32 Å². The Kier molecular flexibility index (Phi) is 6.97. The number of ether oxygens (including phenoxy) is 1. The van der Waals surface area contributed by atoms with Crippen molar-refractivity contribution in [2.75, 3.05) is 19.4 Å². The number of hydrogen-bond donors (Lipinski definition) is 1. The van der Waals surface area contributed by atoms with Crippen molar-refractivity contribution in [3.63, 3.8) is 0 Å². The molecule has 1 N–H and O–H groups in total. The number of hydrogen-bond acceptors (Lipinski definition) is 7. The van der Waals surface area contributed by atoms with Gasteiger partial charge in [-0.25, -0.2) is 17.5 Å². The first kappa shape index (κ1) is 23.5. The number of aromatic nitrogens is 1. The van der Waals surface area contributed by atoms with Crippen molar-refractivity contribution in [2.45, 2.75) is 17.9 Å². The lowest BCUT2D eigenvalue weighted by molar-refractivity contribution is -0.125. The van der Waals surface area contributed by atoms with E-state index in [9.17, 15) is 18.0 Å². The van der Waals surface area contributed by atoms with Gasteiger partial charge in [-0.2, -0.15) is 0 Å². The molecule has 0 bridgehead atoms. The third-order valence-corrected chi connectivity index (χ3v) is 6.67. The van der Waals surface area contributed by atoms with E-state index in [0.29, 0.717) is 11.3 Å². The molecular formula is C21H20ClN3O6S. The van der Waals surface area contributed by atoms with Crippen LogP contribution >= 0.6 is 11.6 Å². The van der Waals surface area contributed by atoms with Crippen LogP contribution in [0, 0.1) is 6.92 Å². The Morgan fingerprint density at radius 1 is 1.12 bits per heavy atom. The molecule has 1 atom stereocenters. The molecule has 1 heterocycles. The normalized spacial score (nSPS) is 12.4. The van der Waals surface area contributed by atoms with E-state index in [1.54, 1.807) is 37.3 Å². The zero-order valence-corrected chi connectivity index (χ0v) is 19.0. The third-order valence-electron chi connectivity index (χ3n) is 4.37. The van der Waals surface area contributed by atoms with Gasteiger partial charge in [-0.15, -0.1) is 0 Å². The molecule has 3 aromatic rings. The Labute approximate surface area is 190 Å². The number of nitrogens with zero attached hydrogens (tertiary/aromatic N) is 2. The molecule has 0 aliphatic heterocycles. The van der Waals surface area contributed by atoms with Crippen LogP contribution in [0.3, 0.4) is 0 Å². The first-order valence-electron chi connectivity index (χ1n) is 9.32. The zero-order chi connectivity index (χ0) is 23.5. The van der Waals surface area contributed by atoms with Gasteiger partial charge in [-0.3, -0.25) is 4.79 Å². The lowest BCUT2D eigenvalue weighted by atomic mass is 10.1. The number of anilines is 1. The highest BCUT2D eigenvalue weighted by Gasteiger charge is 2.28. The summed E-state index contributed by atoms with van der Waals surface area (Å²) in [7, 11) is -1.21. The summed E-state index contributed by atoms with van der Waals surface area (Å²) in [5, 5.41) is 6.19. The van der Waals surface area contributed by atoms with Gasteiger partial charge in [0.25, 0.3) is 5.91 Å². The molecule has 0 aliphatic rings. The summed E-state index contributed by atoms with van der Waals surface area (Å²) in [6, 6.07) is 13.6. The molecule has 3 rings (SSSR count). The van der Waals surface area contributed by atoms with E-state index >= 15 is 0 Å². The standard InChI is InChI=1S/C21H20ClN3O6S/c1-13-11-18(24-31-13)23-20(26)19(14-7-5-4-6-8-14)30-21(27)15-9-10-16(22)17(12-15)32(28,29)25(2)3/h4-12,19H,1-3H3,(H,23,24,26). The minimum atomic E-state index is -3.90. The molecule has 0 fully saturated rings. The number of carbonyl (C=O) groups is 2. The maximum atomic E-state index is 12.9. The average molecular weight is 478 g/mol. The Balaban J connectivity index is 1.91. The number of esters is 1. The van der Waals surface area contributed by atoms with Gasteiger partial charge >= 0.3 is 5.97 Å². The molecule has 1 amide bonds. The number of halogens is 1. The minimum absolute atomic E-state index is 0.0472. The molecule has 9 nitrogen and oxygen atoms in total. The molecule has 0 radical (unpaired) electrons. The van der Waals surface area contributed by atoms with E-state index < -0.39 is 28.0 Å². The molecule has 168 valence electrons. The van der Waals surface area contributed by atoms with Crippen LogP contribution in [0.25, 0.3) is 0 Å². The average Bonchev–Trinajstić information content (AvgIpc) is 3.16. The molecule has 1 aromatic heterocycles. The van der Waals surface area contributed by atoms with Crippen molar-refractivity contribution in [3.05, 3.63) is 76.5 Å². The van der Waals surface area contributed by atoms with Crippen molar-refractivity contribution in [1.82, 2.24) is 9.46 Å². The first-order valence-corrected chi connectivity index (χ1v) is 11.1. The van der Waals surface area contributed by atoms with Gasteiger partial charge in [-0.1, -0.05) is 47.1 Å². The van der Waals surface area contributed by atoms with Gasteiger partial charge in [0.05, 0.1) is 10.6 Å². The predicted octanol–water partition coefficient (Wildman–Crippen LogP) is 3.42. The quantitative estimate of drug-likeness (QED) is 0.518. The number of benzene rings is 2. The second kappa shape index (κ2) is 9.51. The highest BCUT2D eigenvalue weighted by molar-refractivity contribution is 7.89. The summed E-state index contributed by atoms with van der Waals surface area (Å²) in [4.78, 5) is 25.5. The second-order valence-electron chi connectivity index (χ2n) is 6.94. The molecular weight excluding hydrogens is 458 g/mol. The summed E-state index contributed by atoms with van der Waals surface area (Å²) < 4.78 is 36.4. The molecule has 11 heteroatoms. The number of nitrogens with one attached hydrogen (secondary N) is 1. The lowest BCUT2D eigenvalue weighted by Gasteiger charge is -2.18. The fraction of sp³-hybridized carbons (Fsp3) is 0.190. The maximum Gasteiger partial charge on any atom is 0.339 e. The van der Waals surface area contributed by atoms with Gasteiger partial charge in [0.1, 0.15) is 10.7 Å². The van der Waals surface area contributed by atoms with Crippen LogP contribution in [0.15, 0.2) is 64.0 Å². The summed E-state index contributed by atoms with van der Waals surface area (Å²) in [6.45, 7) is 1.66. The van der Waals surface area contributed by atoms with Crippen molar-refractivity contribution in [3.8, 4) is 0 Å². The molecule has 0 spiro atoms. The molecule has 0 aliphatic carbocycles. The van der Waals surface area contributed by atoms with Crippen LogP contribution in [0.2, 0.25) is 5.02 Å². The number of sulfonamides is 1. The lowest BCUT2D eigenvalue weighted by Crippen LogP contribution is -2.26. The molecule has 0 saturated carbocycles. The van der Waals surface area contributed by atoms with E-state index in [4.69, 9.17) is 20.9 Å². The number of rotatable bonds is 7. The Morgan fingerprint density at radius 2 is 1.81 bits per heavy atom. The van der Waals surface area contributed by atoms with Gasteiger partial charge in [0, 0.05) is 25.7 Å². The second-order valence-corrected chi connectivity index (χ2v) is 9.47. The van der Waals surface area contributed by atoms with E-state index in [2.05, 4.69) is 10.5 Å². The van der Waals surface area contributed by atoms with Crippen molar-refractivity contribution >= 4 is 39.3 Å². The van der Waals surface area contributed by atoms with E-state index in [0.717, 1.165) is 10.4 Å². The van der Waals surface area contributed by atoms with Crippen LogP contribution in [0.1, 0.15) is 27.8 Å². The molecule has 0 saturated heterocycles. The summed E-state index contributed by atoms with van der Waals surface area (Å²) >= 11 is 6.04. The Hall–Kier alpha value is -3.21. The monoisotopic (exact) mass is 477 g/mol. The molecule has 1 unspecified atom stereocenters. The SMILES string of the molecule is Cc1cc(NC(=O)C(OC(=O)c2ccc(Cl)c(S(=O)(=O)N(C)C)c2)c2ccccc2)no1. The van der Waals surface area contributed by atoms with Crippen LogP contribution in [0.4, 0.5) is 5.82 Å². The summed E-state index contributed by atoms with van der Waals surface area (Å²) in [5.41, 5.74) is 0.328. The Bertz CT molecular complexity index is 1240. The highest BCUT2D eigenvalue weighted by atomic mass is 35.5. The van der Waals surface area contributed by atoms with Gasteiger partial charge in [0.15, 0.2) is 5.82 Å². The van der Waals surface area contributed by atoms with Gasteiger partial charge < -0.3 is 14.6 Å². The summed E-state index contributed by atoms with van der Waals surface area (Å²) in [6.07, 6.45) is -1.33. The molecule has 32 heavy (non-hydrogen) atoms. The Morgan fingerprint density at radius 3 is 2.41 bits per heavy atom. The molecule has 2 aromatic carbocycles. The zero-order valence-electron chi connectivity index (χ0n) is 17.4. The minimum Gasteiger partial charge on any atom is -0.444 e. The fourth-order valence-corrected chi connectivity index (χ4v) is 4.11. The van der Waals surface area contributed by atoms with Crippen LogP contribution in [0.5, 0.6) is 0 Å². The van der Waals surface area contributed by atoms with E-state index in [1.807, 2.05) is 0 Å². The number of aryl methyl sites for hydroxylation is 1. The first-order chi connectivity index (χ1) is 15.1. The van der Waals surface area contributed by atoms with Gasteiger partial charge in [-0.05, 0) is 25.1 Å². The number of carbonyl (C=O) groups excluding carboxylic acids is 2. The topological polar surface area (TPSA) is 119 Å². The van der Waals surface area contributed by atoms with Gasteiger partial charge in [0.2, 0.25) is 16.1 Å². The highest BCUT2D eigenvalue weighted by Crippen LogP contribution is 2.27. The van der Waals surface area contributed by atoms with Crippen LogP contribution in [-0.2, 0) is 19.6 Å².